The summed E-state index contributed by atoms with van der Waals surface area (Å²) in [6.45, 7) is 13.8. The van der Waals surface area contributed by atoms with Gasteiger partial charge in [0.2, 0.25) is 0 Å². The second-order valence-corrected chi connectivity index (χ2v) is 26.3. The molecule has 0 aliphatic carbocycles. The number of aliphatic hydroxyl groups excluding tert-OH is 1. The quantitative estimate of drug-likeness (QED) is 0.0222. The van der Waals surface area contributed by atoms with Crippen molar-refractivity contribution in [1.29, 1.82) is 0 Å². The van der Waals surface area contributed by atoms with Crippen molar-refractivity contribution in [1.82, 2.24) is 0 Å². The Kier molecular flexibility index (Phi) is 49.3. The van der Waals surface area contributed by atoms with Crippen LogP contribution in [-0.4, -0.2) is 96.7 Å². The summed E-state index contributed by atoms with van der Waals surface area (Å²) < 4.78 is 67.7. The fourth-order valence-electron chi connectivity index (χ4n) is 8.69. The Morgan fingerprint density at radius 3 is 0.899 bits per heavy atom. The number of rotatable bonds is 57. The molecule has 0 saturated heterocycles. The molecular weight excluding hydrogens is 1050 g/mol. The predicted octanol–water partition coefficient (Wildman–Crippen LogP) is 15.8. The number of carbonyl (C=O) groups excluding carboxylic acids is 4. The maximum atomic E-state index is 12.9. The van der Waals surface area contributed by atoms with Crippen molar-refractivity contribution in [3.63, 3.8) is 0 Å². The number of aliphatic hydroxyl groups is 1. The van der Waals surface area contributed by atoms with Crippen LogP contribution in [-0.2, 0) is 65.4 Å². The molecule has 0 heterocycles. The van der Waals surface area contributed by atoms with E-state index in [2.05, 4.69) is 55.4 Å². The zero-order valence-electron chi connectivity index (χ0n) is 51.0. The minimum atomic E-state index is -4.94. The molecule has 0 radical (unpaired) electrons. The fraction of sp³-hybridized carbons (Fsp3) is 0.933. The van der Waals surface area contributed by atoms with Crippen molar-refractivity contribution in [3.8, 4) is 0 Å². The fourth-order valence-corrected chi connectivity index (χ4v) is 10.3. The van der Waals surface area contributed by atoms with E-state index in [0.717, 1.165) is 109 Å². The molecule has 468 valence electrons. The summed E-state index contributed by atoms with van der Waals surface area (Å²) in [5.74, 6) is 0.648. The number of unbranched alkanes of at least 4 members (excludes halogenated alkanes) is 22. The van der Waals surface area contributed by atoms with Gasteiger partial charge >= 0.3 is 39.5 Å². The Bertz CT molecular complexity index is 1600. The molecule has 0 saturated carbocycles. The number of hydrogen-bond acceptors (Lipinski definition) is 15. The number of ether oxygens (including phenoxy) is 4. The first kappa shape index (κ1) is 77.1. The van der Waals surface area contributed by atoms with Crippen LogP contribution in [0.15, 0.2) is 0 Å². The molecule has 17 nitrogen and oxygen atoms in total. The van der Waals surface area contributed by atoms with Gasteiger partial charge in [-0.15, -0.1) is 0 Å². The smallest absolute Gasteiger partial charge is 0.462 e. The molecule has 0 aromatic rings. The maximum absolute atomic E-state index is 12.9. The lowest BCUT2D eigenvalue weighted by Gasteiger charge is -2.21. The van der Waals surface area contributed by atoms with Crippen LogP contribution in [0.4, 0.5) is 0 Å². The Balaban J connectivity index is 5.25. The van der Waals surface area contributed by atoms with Crippen molar-refractivity contribution in [2.24, 2.45) is 23.7 Å². The lowest BCUT2D eigenvalue weighted by molar-refractivity contribution is -0.161. The summed E-state index contributed by atoms with van der Waals surface area (Å²) in [6, 6.07) is 0. The van der Waals surface area contributed by atoms with Gasteiger partial charge in [0.25, 0.3) is 0 Å². The van der Waals surface area contributed by atoms with E-state index in [4.69, 9.17) is 37.0 Å². The average molecular weight is 1170 g/mol. The van der Waals surface area contributed by atoms with Gasteiger partial charge in [-0.25, -0.2) is 9.13 Å². The van der Waals surface area contributed by atoms with Crippen molar-refractivity contribution >= 4 is 39.5 Å². The number of carbonyl (C=O) groups is 4. The van der Waals surface area contributed by atoms with Crippen molar-refractivity contribution in [3.05, 3.63) is 0 Å². The highest BCUT2D eigenvalue weighted by Crippen LogP contribution is 2.45. The van der Waals surface area contributed by atoms with Crippen LogP contribution in [0.25, 0.3) is 0 Å². The number of esters is 4. The van der Waals surface area contributed by atoms with Gasteiger partial charge in [0, 0.05) is 25.7 Å². The second-order valence-electron chi connectivity index (χ2n) is 23.4. The Hall–Kier alpha value is -1.94. The monoisotopic (exact) mass is 1170 g/mol. The molecule has 4 unspecified atom stereocenters. The molecule has 0 rings (SSSR count). The average Bonchev–Trinajstić information content (AvgIpc) is 3.39. The molecule has 0 aromatic carbocycles. The first-order valence-electron chi connectivity index (χ1n) is 31.2. The van der Waals surface area contributed by atoms with Gasteiger partial charge in [-0.3, -0.25) is 37.3 Å². The number of phosphoric ester groups is 2. The van der Waals surface area contributed by atoms with E-state index in [1.165, 1.54) is 70.6 Å². The van der Waals surface area contributed by atoms with E-state index in [9.17, 15) is 43.2 Å². The molecule has 0 fully saturated rings. The molecule has 0 spiro atoms. The van der Waals surface area contributed by atoms with Crippen LogP contribution in [0.5, 0.6) is 0 Å². The largest absolute Gasteiger partial charge is 0.472 e. The Morgan fingerprint density at radius 2 is 0.608 bits per heavy atom. The second kappa shape index (κ2) is 50.6. The SMILES string of the molecule is CCC(C)CCCCCCCCC(=O)O[C@H](COC(=O)CCCCCCCCCC(C)C)COP(=O)(O)OCC(O)COP(=O)(O)OC[C@@H](COC(=O)CCCCCCCCCC(C)C)OC(=O)CCCCCCCCC(C)C. The number of phosphoric acid groups is 2. The molecule has 0 aliphatic heterocycles. The topological polar surface area (TPSA) is 237 Å². The Morgan fingerprint density at radius 1 is 0.354 bits per heavy atom. The van der Waals surface area contributed by atoms with Gasteiger partial charge in [-0.2, -0.15) is 0 Å². The van der Waals surface area contributed by atoms with Crippen LogP contribution in [0.1, 0.15) is 280 Å². The molecular formula is C60H116O17P2. The Labute approximate surface area is 479 Å². The van der Waals surface area contributed by atoms with Gasteiger partial charge in [-0.05, 0) is 49.4 Å². The molecule has 19 heteroatoms. The third-order valence-corrected chi connectivity index (χ3v) is 15.8. The highest BCUT2D eigenvalue weighted by molar-refractivity contribution is 7.47. The molecule has 0 aromatic heterocycles. The molecule has 6 atom stereocenters. The zero-order chi connectivity index (χ0) is 59.0. The van der Waals surface area contributed by atoms with Crippen molar-refractivity contribution in [2.45, 2.75) is 298 Å². The minimum Gasteiger partial charge on any atom is -0.462 e. The lowest BCUT2D eigenvalue weighted by atomic mass is 10.00. The molecule has 0 amide bonds. The molecule has 79 heavy (non-hydrogen) atoms. The van der Waals surface area contributed by atoms with Crippen LogP contribution in [0, 0.1) is 23.7 Å². The van der Waals surface area contributed by atoms with E-state index in [1.54, 1.807) is 0 Å². The molecule has 3 N–H and O–H groups in total. The van der Waals surface area contributed by atoms with E-state index >= 15 is 0 Å². The standard InChI is InChI=1S/C60H116O17P2/c1-9-53(8)39-31-23-17-19-27-35-43-60(65)77-56(47-71-58(63)41-33-25-15-11-13-21-29-37-51(4)5)49-75-79(68,69)73-45-54(61)44-72-78(66,67)74-48-55(76-59(64)42-34-26-18-16-22-30-38-52(6)7)46-70-57(62)40-32-24-14-10-12-20-28-36-50(2)3/h50-56,61H,9-49H2,1-8H3,(H,66,67)(H,68,69)/t53?,54?,55-,56-/m1/s1. The highest BCUT2D eigenvalue weighted by atomic mass is 31.2. The first-order valence-corrected chi connectivity index (χ1v) is 34.2. The number of hydrogen-bond donors (Lipinski definition) is 3. The van der Waals surface area contributed by atoms with E-state index in [-0.39, 0.29) is 25.7 Å². The van der Waals surface area contributed by atoms with Crippen molar-refractivity contribution in [2.75, 3.05) is 39.6 Å². The zero-order valence-corrected chi connectivity index (χ0v) is 52.8. The van der Waals surface area contributed by atoms with Gasteiger partial charge in [0.05, 0.1) is 26.4 Å². The van der Waals surface area contributed by atoms with E-state index in [0.29, 0.717) is 43.4 Å². The minimum absolute atomic E-state index is 0.100. The predicted molar refractivity (Wildman–Crippen MR) is 312 cm³/mol. The van der Waals surface area contributed by atoms with Gasteiger partial charge in [0.15, 0.2) is 12.2 Å². The maximum Gasteiger partial charge on any atom is 0.472 e. The summed E-state index contributed by atoms with van der Waals surface area (Å²) in [4.78, 5) is 71.9. The highest BCUT2D eigenvalue weighted by Gasteiger charge is 2.30. The first-order chi connectivity index (χ1) is 37.6. The summed E-state index contributed by atoms with van der Waals surface area (Å²) in [5, 5.41) is 10.5. The lowest BCUT2D eigenvalue weighted by Crippen LogP contribution is -2.30. The third kappa shape index (κ3) is 53.8. The summed E-state index contributed by atoms with van der Waals surface area (Å²) in [5.41, 5.74) is 0. The molecule has 0 aliphatic rings. The van der Waals surface area contributed by atoms with Gasteiger partial charge in [0.1, 0.15) is 19.3 Å². The molecule has 0 bridgehead atoms. The summed E-state index contributed by atoms with van der Waals surface area (Å²) in [6.07, 6.45) is 28.4. The summed E-state index contributed by atoms with van der Waals surface area (Å²) in [7, 11) is -9.88. The van der Waals surface area contributed by atoms with E-state index in [1.807, 2.05) is 0 Å². The van der Waals surface area contributed by atoms with Gasteiger partial charge < -0.3 is 33.8 Å². The summed E-state index contributed by atoms with van der Waals surface area (Å²) >= 11 is 0. The third-order valence-electron chi connectivity index (χ3n) is 13.9. The van der Waals surface area contributed by atoms with E-state index < -0.39 is 97.5 Å². The van der Waals surface area contributed by atoms with Crippen LogP contribution >= 0.6 is 15.6 Å². The van der Waals surface area contributed by atoms with Crippen LogP contribution in [0.2, 0.25) is 0 Å². The van der Waals surface area contributed by atoms with Crippen molar-refractivity contribution < 1.29 is 80.2 Å². The van der Waals surface area contributed by atoms with Crippen LogP contribution in [0.3, 0.4) is 0 Å². The van der Waals surface area contributed by atoms with Gasteiger partial charge in [-0.1, -0.05) is 229 Å². The van der Waals surface area contributed by atoms with Crippen LogP contribution < -0.4 is 0 Å². The normalized spacial score (nSPS) is 14.9.